The van der Waals surface area contributed by atoms with E-state index < -0.39 is 5.92 Å². The van der Waals surface area contributed by atoms with Gasteiger partial charge in [-0.05, 0) is 32.9 Å². The van der Waals surface area contributed by atoms with Crippen LogP contribution in [0.1, 0.15) is 57.6 Å². The van der Waals surface area contributed by atoms with Gasteiger partial charge in [-0.2, -0.15) is 0 Å². The second-order valence-electron chi connectivity index (χ2n) is 8.04. The van der Waals surface area contributed by atoms with Crippen LogP contribution in [0.4, 0.5) is 0 Å². The standard InChI is InChI=1S/C25H34NO3P/c1-5-13-19(18-26(6-2,7-3)8-4)30-29-25(27)24-20-14-9-11-16-22(20)28-23-17-12-10-15-21(23)24/h9-12,14-17,19,24H,5-8,13,18H2,1-4H3. The SMILES string of the molecule is CCCC(C[N+](CC)(CC)CC)[P-]OC(=O)C1c2ccccc2Oc2ccccc21. The van der Waals surface area contributed by atoms with Crippen LogP contribution in [0.3, 0.4) is 0 Å². The molecule has 0 spiro atoms. The number of nitrogens with zero attached hydrogens (tertiary/aromatic N) is 1. The molecule has 0 saturated carbocycles. The van der Waals surface area contributed by atoms with Crippen LogP contribution < -0.4 is 4.74 Å². The molecule has 0 bridgehead atoms. The topological polar surface area (TPSA) is 35.5 Å². The molecule has 0 aliphatic carbocycles. The minimum Gasteiger partial charge on any atom is -0.644 e. The summed E-state index contributed by atoms with van der Waals surface area (Å²) in [6.45, 7) is 13.4. The first kappa shape index (κ1) is 22.8. The molecule has 1 unspecified atom stereocenters. The fourth-order valence-electron chi connectivity index (χ4n) is 4.36. The van der Waals surface area contributed by atoms with E-state index >= 15 is 0 Å². The average Bonchev–Trinajstić information content (AvgIpc) is 2.79. The van der Waals surface area contributed by atoms with Crippen LogP contribution in [-0.2, 0) is 9.32 Å². The highest BCUT2D eigenvalue weighted by Crippen LogP contribution is 2.45. The maximum Gasteiger partial charge on any atom is 0.286 e. The molecular weight excluding hydrogens is 393 g/mol. The number of hydrogen-bond acceptors (Lipinski definition) is 3. The van der Waals surface area contributed by atoms with Gasteiger partial charge in [-0.25, -0.2) is 0 Å². The fraction of sp³-hybridized carbons (Fsp3) is 0.480. The molecule has 1 atom stereocenters. The molecule has 1 aliphatic rings. The van der Waals surface area contributed by atoms with Gasteiger partial charge in [0.05, 0.1) is 26.2 Å². The second-order valence-corrected chi connectivity index (χ2v) is 9.17. The first-order valence-corrected chi connectivity index (χ1v) is 12.1. The van der Waals surface area contributed by atoms with Crippen molar-refractivity contribution in [1.29, 1.82) is 0 Å². The van der Waals surface area contributed by atoms with Gasteiger partial charge in [-0.1, -0.05) is 61.8 Å². The third kappa shape index (κ3) is 4.87. The Balaban J connectivity index is 1.78. The van der Waals surface area contributed by atoms with Gasteiger partial charge in [0, 0.05) is 11.1 Å². The van der Waals surface area contributed by atoms with E-state index in [-0.39, 0.29) is 5.97 Å². The number of rotatable bonds is 10. The highest BCUT2D eigenvalue weighted by atomic mass is 31.1. The zero-order valence-electron chi connectivity index (χ0n) is 18.6. The summed E-state index contributed by atoms with van der Waals surface area (Å²) in [7, 11) is 0.775. The molecule has 4 nitrogen and oxygen atoms in total. The van der Waals surface area contributed by atoms with Crippen molar-refractivity contribution in [2.45, 2.75) is 52.1 Å². The normalized spacial score (nSPS) is 14.8. The highest BCUT2D eigenvalue weighted by molar-refractivity contribution is 7.33. The van der Waals surface area contributed by atoms with Crippen LogP contribution in [0, 0.1) is 0 Å². The molecule has 2 aromatic carbocycles. The monoisotopic (exact) mass is 427 g/mol. The Labute approximate surface area is 183 Å². The number of hydrogen-bond donors (Lipinski definition) is 0. The second kappa shape index (κ2) is 10.4. The van der Waals surface area contributed by atoms with Crippen LogP contribution in [0.2, 0.25) is 0 Å². The Bertz CT molecular complexity index is 796. The Morgan fingerprint density at radius 2 is 1.50 bits per heavy atom. The fourth-order valence-corrected chi connectivity index (χ4v) is 5.49. The molecule has 0 radical (unpaired) electrons. The van der Waals surface area contributed by atoms with E-state index in [0.29, 0.717) is 5.66 Å². The summed E-state index contributed by atoms with van der Waals surface area (Å²) in [5.41, 5.74) is 2.11. The molecule has 5 heteroatoms. The average molecular weight is 428 g/mol. The third-order valence-electron chi connectivity index (χ3n) is 6.44. The van der Waals surface area contributed by atoms with Gasteiger partial charge in [0.2, 0.25) is 0 Å². The van der Waals surface area contributed by atoms with Gasteiger partial charge in [0.15, 0.2) is 0 Å². The Morgan fingerprint density at radius 3 is 2.00 bits per heavy atom. The number of carbonyl (C=O) groups is 1. The predicted octanol–water partition coefficient (Wildman–Crippen LogP) is 6.37. The first-order valence-electron chi connectivity index (χ1n) is 11.2. The Hall–Kier alpha value is -1.90. The van der Waals surface area contributed by atoms with Crippen LogP contribution in [0.5, 0.6) is 11.5 Å². The van der Waals surface area contributed by atoms with E-state index in [1.165, 1.54) is 0 Å². The van der Waals surface area contributed by atoms with Crippen molar-refractivity contribution in [1.82, 2.24) is 0 Å². The van der Waals surface area contributed by atoms with Crippen LogP contribution in [-0.4, -0.2) is 42.3 Å². The molecule has 1 heterocycles. The summed E-state index contributed by atoms with van der Waals surface area (Å²) in [4.78, 5) is 13.3. The number of quaternary nitrogens is 1. The highest BCUT2D eigenvalue weighted by Gasteiger charge is 2.32. The molecule has 1 aliphatic heterocycles. The van der Waals surface area contributed by atoms with Gasteiger partial charge in [-0.15, -0.1) is 0 Å². The molecule has 30 heavy (non-hydrogen) atoms. The zero-order chi connectivity index (χ0) is 21.6. The summed E-state index contributed by atoms with van der Waals surface area (Å²) < 4.78 is 13.0. The summed E-state index contributed by atoms with van der Waals surface area (Å²) in [5.74, 6) is 0.837. The summed E-state index contributed by atoms with van der Waals surface area (Å²) >= 11 is 0. The summed E-state index contributed by atoms with van der Waals surface area (Å²) in [6.07, 6.45) is 2.16. The van der Waals surface area contributed by atoms with Crippen molar-refractivity contribution in [3.63, 3.8) is 0 Å². The summed E-state index contributed by atoms with van der Waals surface area (Å²) in [5, 5.41) is 0. The Kier molecular flexibility index (Phi) is 7.91. The van der Waals surface area contributed by atoms with E-state index in [1.54, 1.807) is 0 Å². The number of para-hydroxylation sites is 2. The van der Waals surface area contributed by atoms with Crippen molar-refractivity contribution in [3.8, 4) is 11.5 Å². The van der Waals surface area contributed by atoms with Crippen LogP contribution in [0.25, 0.3) is 0 Å². The number of benzene rings is 2. The first-order chi connectivity index (χ1) is 14.6. The molecule has 0 amide bonds. The van der Waals surface area contributed by atoms with Gasteiger partial charge in [-0.3, -0.25) is 4.79 Å². The van der Waals surface area contributed by atoms with Crippen molar-refractivity contribution in [3.05, 3.63) is 59.7 Å². The van der Waals surface area contributed by atoms with Crippen molar-refractivity contribution in [2.24, 2.45) is 0 Å². The van der Waals surface area contributed by atoms with E-state index in [2.05, 4.69) is 27.7 Å². The number of fused-ring (bicyclic) bond motifs is 2. The van der Waals surface area contributed by atoms with Crippen LogP contribution in [0.15, 0.2) is 48.5 Å². The lowest BCUT2D eigenvalue weighted by Gasteiger charge is -2.43. The largest absolute Gasteiger partial charge is 0.644 e. The molecule has 162 valence electrons. The molecule has 2 aromatic rings. The van der Waals surface area contributed by atoms with E-state index in [9.17, 15) is 4.79 Å². The maximum atomic E-state index is 13.3. The lowest BCUT2D eigenvalue weighted by molar-refractivity contribution is -0.922. The lowest BCUT2D eigenvalue weighted by Crippen LogP contribution is -2.51. The lowest BCUT2D eigenvalue weighted by atomic mass is 9.88. The van der Waals surface area contributed by atoms with Gasteiger partial charge >= 0.3 is 0 Å². The molecule has 0 aromatic heterocycles. The smallest absolute Gasteiger partial charge is 0.286 e. The minimum absolute atomic E-state index is 0.191. The van der Waals surface area contributed by atoms with Crippen LogP contribution >= 0.6 is 8.81 Å². The Morgan fingerprint density at radius 1 is 0.967 bits per heavy atom. The summed E-state index contributed by atoms with van der Waals surface area (Å²) in [6, 6.07) is 15.5. The van der Waals surface area contributed by atoms with E-state index in [1.807, 2.05) is 48.5 Å². The van der Waals surface area contributed by atoms with Gasteiger partial charge in [0.1, 0.15) is 17.4 Å². The number of ether oxygens (including phenoxy) is 1. The predicted molar refractivity (Wildman–Crippen MR) is 123 cm³/mol. The molecule has 0 fully saturated rings. The van der Waals surface area contributed by atoms with Gasteiger partial charge < -0.3 is 22.6 Å². The van der Waals surface area contributed by atoms with Gasteiger partial charge in [0.25, 0.3) is 5.97 Å². The van der Waals surface area contributed by atoms with Crippen molar-refractivity contribution < 1.29 is 18.5 Å². The third-order valence-corrected chi connectivity index (χ3v) is 7.44. The van der Waals surface area contributed by atoms with E-state index in [0.717, 1.165) is 74.9 Å². The molecular formula is C25H34NO3P. The number of carbonyl (C=O) groups excluding carboxylic acids is 1. The van der Waals surface area contributed by atoms with Crippen molar-refractivity contribution >= 4 is 14.8 Å². The maximum absolute atomic E-state index is 13.3. The zero-order valence-corrected chi connectivity index (χ0v) is 19.5. The molecule has 3 rings (SSSR count). The van der Waals surface area contributed by atoms with Crippen molar-refractivity contribution in [2.75, 3.05) is 26.2 Å². The molecule has 0 N–H and O–H groups in total. The minimum atomic E-state index is -0.441. The van der Waals surface area contributed by atoms with E-state index in [4.69, 9.17) is 9.26 Å². The molecule has 0 saturated heterocycles. The quantitative estimate of drug-likeness (QED) is 0.326.